The minimum absolute atomic E-state index is 0.00387. The monoisotopic (exact) mass is 434 g/mol. The number of ketones is 2. The van der Waals surface area contributed by atoms with Gasteiger partial charge in [0.25, 0.3) is 0 Å². The molecule has 9 nitrogen and oxygen atoms in total. The molecule has 0 amide bonds. The van der Waals surface area contributed by atoms with Crippen LogP contribution in [-0.4, -0.2) is 45.9 Å². The summed E-state index contributed by atoms with van der Waals surface area (Å²) in [6, 6.07) is 8.94. The summed E-state index contributed by atoms with van der Waals surface area (Å²) in [5.41, 5.74) is -0.655. The quantitative estimate of drug-likeness (QED) is 0.488. The Morgan fingerprint density at radius 2 is 1.66 bits per heavy atom. The number of aromatic hydroxyl groups is 1. The van der Waals surface area contributed by atoms with Gasteiger partial charge in [-0.1, -0.05) is 18.2 Å². The molecule has 0 radical (unpaired) electrons. The van der Waals surface area contributed by atoms with Crippen molar-refractivity contribution in [2.24, 2.45) is 0 Å². The second-order valence-corrected chi connectivity index (χ2v) is 6.84. The van der Waals surface area contributed by atoms with E-state index in [9.17, 15) is 34.5 Å². The van der Waals surface area contributed by atoms with Crippen LogP contribution >= 0.6 is 0 Å². The summed E-state index contributed by atoms with van der Waals surface area (Å²) >= 11 is 0. The minimum Gasteiger partial charge on any atom is -0.508 e. The molecule has 0 atom stereocenters. The third kappa shape index (κ3) is 3.21. The average molecular weight is 434 g/mol. The summed E-state index contributed by atoms with van der Waals surface area (Å²) in [5, 5.41) is 29.8. The fourth-order valence-electron chi connectivity index (χ4n) is 3.45. The Bertz CT molecular complexity index is 1310. The highest BCUT2D eigenvalue weighted by molar-refractivity contribution is 6.27. The van der Waals surface area contributed by atoms with Crippen molar-refractivity contribution in [3.8, 4) is 5.75 Å². The van der Waals surface area contributed by atoms with Gasteiger partial charge in [0.2, 0.25) is 5.78 Å². The first-order valence-corrected chi connectivity index (χ1v) is 9.14. The van der Waals surface area contributed by atoms with Crippen molar-refractivity contribution in [2.75, 3.05) is 7.11 Å². The molecule has 0 saturated heterocycles. The fourth-order valence-corrected chi connectivity index (χ4v) is 3.45. The molecule has 0 aromatic heterocycles. The molecular formula is C23H14O9. The Hall–Kier alpha value is -4.66. The summed E-state index contributed by atoms with van der Waals surface area (Å²) in [5.74, 6) is -5.09. The zero-order valence-electron chi connectivity index (χ0n) is 16.4. The molecule has 32 heavy (non-hydrogen) atoms. The molecule has 0 unspecified atom stereocenters. The molecule has 9 heteroatoms. The number of benzene rings is 2. The number of Topliss-reactive ketones (excluding diaryl/α,β-unsaturated/α-hetero) is 1. The Labute approximate surface area is 180 Å². The van der Waals surface area contributed by atoms with Crippen LogP contribution in [0.2, 0.25) is 0 Å². The lowest BCUT2D eigenvalue weighted by molar-refractivity contribution is -0.131. The van der Waals surface area contributed by atoms with Gasteiger partial charge in [-0.2, -0.15) is 0 Å². The number of cyclic esters (lactones) is 1. The number of carboxylic acids is 1. The molecule has 2 aromatic carbocycles. The van der Waals surface area contributed by atoms with Gasteiger partial charge in [-0.3, -0.25) is 9.59 Å². The number of ether oxygens (including phenoxy) is 2. The number of esters is 1. The van der Waals surface area contributed by atoms with Gasteiger partial charge in [-0.25, -0.2) is 9.59 Å². The standard InChI is InChI=1S/C23H14O9/c1-31-16-9-15(25)14-8-11(4-7-13(14)19(16)26)17-20(27)21(32-23(17)30)18(22(28)29)10-2-5-12(24)6-3-10/h2-9,24,27H,1H3,(H,28,29). The summed E-state index contributed by atoms with van der Waals surface area (Å²) in [6.07, 6.45) is 1.02. The number of aliphatic hydroxyl groups excluding tert-OH is 1. The van der Waals surface area contributed by atoms with Gasteiger partial charge in [0.05, 0.1) is 7.11 Å². The van der Waals surface area contributed by atoms with E-state index < -0.39 is 40.6 Å². The normalized spacial score (nSPS) is 17.0. The highest BCUT2D eigenvalue weighted by atomic mass is 16.6. The number of methoxy groups -OCH3 is 1. The summed E-state index contributed by atoms with van der Waals surface area (Å²) in [4.78, 5) is 49.1. The van der Waals surface area contributed by atoms with E-state index in [2.05, 4.69) is 0 Å². The van der Waals surface area contributed by atoms with E-state index >= 15 is 0 Å². The Balaban J connectivity index is 1.86. The van der Waals surface area contributed by atoms with Gasteiger partial charge in [0.1, 0.15) is 16.9 Å². The SMILES string of the molecule is COC1=CC(=O)c2cc(C3=C(O)C(=C(C(=O)O)c4ccc(O)cc4)OC3=O)ccc2C1=O. The molecular weight excluding hydrogens is 420 g/mol. The molecule has 1 heterocycles. The molecule has 0 spiro atoms. The van der Waals surface area contributed by atoms with Crippen molar-refractivity contribution in [1.29, 1.82) is 0 Å². The zero-order chi connectivity index (χ0) is 23.2. The number of carbonyl (C=O) groups is 4. The van der Waals surface area contributed by atoms with Crippen LogP contribution < -0.4 is 0 Å². The second-order valence-electron chi connectivity index (χ2n) is 6.84. The summed E-state index contributed by atoms with van der Waals surface area (Å²) in [6.45, 7) is 0. The molecule has 1 aliphatic carbocycles. The second kappa shape index (κ2) is 7.55. The number of allylic oxidation sites excluding steroid dienone is 2. The largest absolute Gasteiger partial charge is 0.508 e. The maximum Gasteiger partial charge on any atom is 0.348 e. The maximum atomic E-state index is 12.5. The topological polar surface area (TPSA) is 147 Å². The summed E-state index contributed by atoms with van der Waals surface area (Å²) < 4.78 is 9.96. The van der Waals surface area contributed by atoms with Gasteiger partial charge in [-0.15, -0.1) is 0 Å². The Morgan fingerprint density at radius 3 is 2.28 bits per heavy atom. The van der Waals surface area contributed by atoms with Crippen molar-refractivity contribution in [1.82, 2.24) is 0 Å². The van der Waals surface area contributed by atoms with Crippen molar-refractivity contribution in [3.63, 3.8) is 0 Å². The van der Waals surface area contributed by atoms with E-state index in [4.69, 9.17) is 9.47 Å². The number of aliphatic hydroxyl groups is 1. The van der Waals surface area contributed by atoms with Crippen molar-refractivity contribution < 1.29 is 44.0 Å². The third-order valence-corrected chi connectivity index (χ3v) is 4.97. The van der Waals surface area contributed by atoms with Crippen LogP contribution in [0.5, 0.6) is 5.75 Å². The lowest BCUT2D eigenvalue weighted by Crippen LogP contribution is -2.18. The molecule has 2 aliphatic rings. The fraction of sp³-hybridized carbons (Fsp3) is 0.0435. The number of hydrogen-bond acceptors (Lipinski definition) is 8. The van der Waals surface area contributed by atoms with E-state index in [0.29, 0.717) is 0 Å². The number of phenolic OH excluding ortho intramolecular Hbond substituents is 1. The van der Waals surface area contributed by atoms with Crippen LogP contribution in [0.1, 0.15) is 31.8 Å². The van der Waals surface area contributed by atoms with Gasteiger partial charge in [0, 0.05) is 17.2 Å². The third-order valence-electron chi connectivity index (χ3n) is 4.97. The zero-order valence-corrected chi connectivity index (χ0v) is 16.4. The van der Waals surface area contributed by atoms with Crippen LogP contribution in [-0.2, 0) is 19.1 Å². The smallest absolute Gasteiger partial charge is 0.348 e. The molecule has 0 bridgehead atoms. The lowest BCUT2D eigenvalue weighted by Gasteiger charge is -2.15. The number of hydrogen-bond donors (Lipinski definition) is 3. The van der Waals surface area contributed by atoms with Crippen LogP contribution in [0.3, 0.4) is 0 Å². The van der Waals surface area contributed by atoms with Gasteiger partial charge in [0.15, 0.2) is 23.1 Å². The van der Waals surface area contributed by atoms with Crippen LogP contribution in [0.4, 0.5) is 0 Å². The molecule has 1 aliphatic heterocycles. The van der Waals surface area contributed by atoms with E-state index in [1.54, 1.807) is 0 Å². The molecule has 160 valence electrons. The predicted octanol–water partition coefficient (Wildman–Crippen LogP) is 2.62. The Kier molecular flexibility index (Phi) is 4.86. The van der Waals surface area contributed by atoms with E-state index in [0.717, 1.165) is 6.08 Å². The molecule has 3 N–H and O–H groups in total. The van der Waals surface area contributed by atoms with Gasteiger partial charge < -0.3 is 24.8 Å². The van der Waals surface area contributed by atoms with Crippen molar-refractivity contribution in [3.05, 3.63) is 88.1 Å². The number of carboxylic acid groups (broad SMARTS) is 1. The average Bonchev–Trinajstić information content (AvgIpc) is 3.05. The number of rotatable bonds is 4. The van der Waals surface area contributed by atoms with Crippen molar-refractivity contribution in [2.45, 2.75) is 0 Å². The predicted molar refractivity (Wildman–Crippen MR) is 108 cm³/mol. The van der Waals surface area contributed by atoms with E-state index in [1.807, 2.05) is 0 Å². The highest BCUT2D eigenvalue weighted by Crippen LogP contribution is 2.37. The minimum atomic E-state index is -1.48. The van der Waals surface area contributed by atoms with E-state index in [-0.39, 0.29) is 39.3 Å². The first-order chi connectivity index (χ1) is 15.2. The first kappa shape index (κ1) is 20.6. The maximum absolute atomic E-state index is 12.5. The van der Waals surface area contributed by atoms with Gasteiger partial charge in [-0.05, 0) is 35.4 Å². The highest BCUT2D eigenvalue weighted by Gasteiger charge is 2.37. The molecule has 2 aromatic rings. The number of fused-ring (bicyclic) bond motifs is 1. The number of phenols is 1. The number of carbonyl (C=O) groups excluding carboxylic acids is 3. The van der Waals surface area contributed by atoms with Crippen LogP contribution in [0, 0.1) is 0 Å². The Morgan fingerprint density at radius 1 is 0.969 bits per heavy atom. The molecule has 0 fully saturated rings. The number of aliphatic carboxylic acids is 1. The van der Waals surface area contributed by atoms with Crippen LogP contribution in [0.15, 0.2) is 65.8 Å². The van der Waals surface area contributed by atoms with Gasteiger partial charge >= 0.3 is 11.9 Å². The summed E-state index contributed by atoms with van der Waals surface area (Å²) in [7, 11) is 1.26. The molecule has 0 saturated carbocycles. The van der Waals surface area contributed by atoms with Crippen molar-refractivity contribution >= 4 is 34.7 Å². The first-order valence-electron chi connectivity index (χ1n) is 9.14. The molecule has 4 rings (SSSR count). The van der Waals surface area contributed by atoms with E-state index in [1.165, 1.54) is 49.6 Å². The lowest BCUT2D eigenvalue weighted by atomic mass is 9.90. The van der Waals surface area contributed by atoms with Crippen LogP contribution in [0.25, 0.3) is 11.1 Å².